The Hall–Kier alpha value is -4.83. The number of ether oxygens (including phenoxy) is 2. The number of aromatic nitrogens is 2. The van der Waals surface area contributed by atoms with Crippen molar-refractivity contribution in [1.29, 1.82) is 0 Å². The molecule has 1 fully saturated rings. The highest BCUT2D eigenvalue weighted by Crippen LogP contribution is 2.34. The number of amides is 2. The SMILES string of the molecule is O=C(Nc1ccc2cc1CCc1cccc(c1)Nc1ncc(Cl)c(n1)N2)C1CCN(C(=O)c2ccc3c(c2)OCO3)CC1. The molecule has 10 nitrogen and oxygen atoms in total. The van der Waals surface area contributed by atoms with Crippen molar-refractivity contribution in [2.24, 2.45) is 5.92 Å². The van der Waals surface area contributed by atoms with Crippen molar-refractivity contribution in [1.82, 2.24) is 14.9 Å². The summed E-state index contributed by atoms with van der Waals surface area (Å²) in [4.78, 5) is 37.2. The third kappa shape index (κ3) is 5.78. The van der Waals surface area contributed by atoms with E-state index < -0.39 is 0 Å². The molecule has 0 saturated carbocycles. The summed E-state index contributed by atoms with van der Waals surface area (Å²) in [5.74, 6) is 1.86. The normalized spacial score (nSPS) is 15.7. The van der Waals surface area contributed by atoms with Gasteiger partial charge in [0.2, 0.25) is 18.6 Å². The molecule has 3 aliphatic rings. The molecule has 218 valence electrons. The van der Waals surface area contributed by atoms with Crippen molar-refractivity contribution >= 4 is 52.2 Å². The molecule has 0 unspecified atom stereocenters. The van der Waals surface area contributed by atoms with Crippen molar-refractivity contribution in [3.05, 3.63) is 88.6 Å². The number of carbonyl (C=O) groups excluding carboxylic acids is 2. The number of rotatable bonds is 3. The van der Waals surface area contributed by atoms with E-state index in [9.17, 15) is 9.59 Å². The maximum atomic E-state index is 13.4. The van der Waals surface area contributed by atoms with Gasteiger partial charge >= 0.3 is 0 Å². The van der Waals surface area contributed by atoms with Crippen LogP contribution in [0.4, 0.5) is 28.8 Å². The zero-order valence-electron chi connectivity index (χ0n) is 23.2. The first-order valence-electron chi connectivity index (χ1n) is 14.3. The predicted octanol–water partition coefficient (Wildman–Crippen LogP) is 5.94. The summed E-state index contributed by atoms with van der Waals surface area (Å²) in [6.45, 7) is 1.18. The molecule has 6 bridgehead atoms. The second-order valence-corrected chi connectivity index (χ2v) is 11.2. The van der Waals surface area contributed by atoms with E-state index in [1.54, 1.807) is 29.3 Å². The first-order chi connectivity index (χ1) is 21.0. The molecular formula is C32H29ClN6O4. The largest absolute Gasteiger partial charge is 0.454 e. The number of carbonyl (C=O) groups is 2. The fourth-order valence-electron chi connectivity index (χ4n) is 5.66. The molecule has 2 amide bonds. The van der Waals surface area contributed by atoms with Gasteiger partial charge in [-0.05, 0) is 85.3 Å². The van der Waals surface area contributed by atoms with Crippen LogP contribution in [0.2, 0.25) is 5.02 Å². The van der Waals surface area contributed by atoms with Gasteiger partial charge in [0.15, 0.2) is 17.3 Å². The molecule has 1 saturated heterocycles. The fourth-order valence-corrected chi connectivity index (χ4v) is 5.79. The first kappa shape index (κ1) is 27.0. The molecule has 11 heteroatoms. The lowest BCUT2D eigenvalue weighted by atomic mass is 9.94. The highest BCUT2D eigenvalue weighted by Gasteiger charge is 2.29. The van der Waals surface area contributed by atoms with Crippen LogP contribution in [0.5, 0.6) is 11.5 Å². The van der Waals surface area contributed by atoms with Crippen LogP contribution in [-0.4, -0.2) is 46.6 Å². The van der Waals surface area contributed by atoms with E-state index in [2.05, 4.69) is 38.1 Å². The fraction of sp³-hybridized carbons (Fsp3) is 0.250. The maximum absolute atomic E-state index is 13.4. The summed E-state index contributed by atoms with van der Waals surface area (Å²) in [7, 11) is 0. The minimum atomic E-state index is -0.193. The van der Waals surface area contributed by atoms with Gasteiger partial charge in [0.1, 0.15) is 5.02 Å². The number of aryl methyl sites for hydroxylation is 2. The summed E-state index contributed by atoms with van der Waals surface area (Å²) >= 11 is 6.40. The molecule has 0 atom stereocenters. The number of nitrogens with one attached hydrogen (secondary N) is 3. The maximum Gasteiger partial charge on any atom is 0.253 e. The molecule has 4 aromatic rings. The molecule has 0 aliphatic carbocycles. The van der Waals surface area contributed by atoms with Crippen molar-refractivity contribution in [2.75, 3.05) is 35.8 Å². The highest BCUT2D eigenvalue weighted by molar-refractivity contribution is 6.32. The number of anilines is 5. The topological polar surface area (TPSA) is 118 Å². The van der Waals surface area contributed by atoms with Crippen molar-refractivity contribution in [2.45, 2.75) is 25.7 Å². The van der Waals surface area contributed by atoms with Crippen LogP contribution >= 0.6 is 11.6 Å². The number of hydrogen-bond acceptors (Lipinski definition) is 8. The zero-order chi connectivity index (χ0) is 29.3. The van der Waals surface area contributed by atoms with Crippen LogP contribution in [0.3, 0.4) is 0 Å². The van der Waals surface area contributed by atoms with Gasteiger partial charge in [0.25, 0.3) is 5.91 Å². The summed E-state index contributed by atoms with van der Waals surface area (Å²) in [5.41, 5.74) is 5.16. The van der Waals surface area contributed by atoms with Crippen LogP contribution in [0.1, 0.15) is 34.3 Å². The van der Waals surface area contributed by atoms with Gasteiger partial charge in [-0.25, -0.2) is 4.98 Å². The van der Waals surface area contributed by atoms with Crippen LogP contribution in [0.15, 0.2) is 66.9 Å². The summed E-state index contributed by atoms with van der Waals surface area (Å²) in [5, 5.41) is 10.1. The van der Waals surface area contributed by atoms with E-state index in [0.717, 1.165) is 34.6 Å². The quantitative estimate of drug-likeness (QED) is 0.266. The zero-order valence-corrected chi connectivity index (χ0v) is 24.0. The van der Waals surface area contributed by atoms with E-state index >= 15 is 0 Å². The molecule has 3 aromatic carbocycles. The number of halogens is 1. The van der Waals surface area contributed by atoms with Gasteiger partial charge < -0.3 is 30.3 Å². The van der Waals surface area contributed by atoms with Gasteiger partial charge in [0, 0.05) is 41.6 Å². The van der Waals surface area contributed by atoms with Crippen molar-refractivity contribution < 1.29 is 19.1 Å². The Balaban J connectivity index is 1.06. The van der Waals surface area contributed by atoms with E-state index in [-0.39, 0.29) is 24.5 Å². The molecule has 43 heavy (non-hydrogen) atoms. The Morgan fingerprint density at radius 2 is 1.77 bits per heavy atom. The number of fused-ring (bicyclic) bond motifs is 7. The predicted molar refractivity (Wildman–Crippen MR) is 164 cm³/mol. The first-order valence-corrected chi connectivity index (χ1v) is 14.6. The Kier molecular flexibility index (Phi) is 7.20. The summed E-state index contributed by atoms with van der Waals surface area (Å²) < 4.78 is 10.8. The molecule has 1 aromatic heterocycles. The van der Waals surface area contributed by atoms with Gasteiger partial charge in [-0.2, -0.15) is 4.98 Å². The van der Waals surface area contributed by atoms with Crippen molar-refractivity contribution in [3.63, 3.8) is 0 Å². The lowest BCUT2D eigenvalue weighted by Gasteiger charge is -2.31. The number of hydrogen-bond donors (Lipinski definition) is 3. The van der Waals surface area contributed by atoms with Crippen LogP contribution in [-0.2, 0) is 17.6 Å². The lowest BCUT2D eigenvalue weighted by Crippen LogP contribution is -2.41. The average Bonchev–Trinajstić information content (AvgIpc) is 3.50. The average molecular weight is 597 g/mol. The van der Waals surface area contributed by atoms with E-state index in [1.807, 2.05) is 30.3 Å². The Labute approximate surface area is 253 Å². The summed E-state index contributed by atoms with van der Waals surface area (Å²) in [6, 6.07) is 19.2. The minimum absolute atomic E-state index is 0.0373. The van der Waals surface area contributed by atoms with E-state index in [0.29, 0.717) is 66.2 Å². The molecule has 0 spiro atoms. The molecule has 3 N–H and O–H groups in total. The number of nitrogens with zero attached hydrogens (tertiary/aromatic N) is 3. The van der Waals surface area contributed by atoms with Gasteiger partial charge in [-0.1, -0.05) is 23.7 Å². The third-order valence-corrected chi connectivity index (χ3v) is 8.29. The van der Waals surface area contributed by atoms with Crippen molar-refractivity contribution in [3.8, 4) is 11.5 Å². The number of benzene rings is 3. The Morgan fingerprint density at radius 1 is 0.930 bits per heavy atom. The van der Waals surface area contributed by atoms with E-state index in [4.69, 9.17) is 21.1 Å². The van der Waals surface area contributed by atoms with E-state index in [1.165, 1.54) is 0 Å². The number of likely N-dealkylation sites (tertiary alicyclic amines) is 1. The monoisotopic (exact) mass is 596 g/mol. The molecule has 7 rings (SSSR count). The van der Waals surface area contributed by atoms with Gasteiger partial charge in [0.05, 0.1) is 6.20 Å². The van der Waals surface area contributed by atoms with Crippen LogP contribution in [0, 0.1) is 5.92 Å². The molecule has 3 aliphatic heterocycles. The van der Waals surface area contributed by atoms with Gasteiger partial charge in [-0.3, -0.25) is 9.59 Å². The number of piperidine rings is 1. The second kappa shape index (κ2) is 11.4. The third-order valence-electron chi connectivity index (χ3n) is 8.01. The molecule has 0 radical (unpaired) electrons. The standard InChI is InChI=1S/C32H29ClN6O4/c33-25-17-34-32-36-23-3-1-2-19(14-23)4-5-21-15-24(35-29(25)38-32)7-8-26(21)37-30(40)20-10-12-39(13-11-20)31(41)22-6-9-27-28(16-22)43-18-42-27/h1-3,6-9,14-17,20H,4-5,10-13,18H2,(H,37,40)(H2,34,35,36,38). The Bertz CT molecular complexity index is 1720. The van der Waals surface area contributed by atoms with Crippen LogP contribution in [0.25, 0.3) is 0 Å². The second-order valence-electron chi connectivity index (χ2n) is 10.8. The molecule has 4 heterocycles. The minimum Gasteiger partial charge on any atom is -0.454 e. The van der Waals surface area contributed by atoms with Crippen LogP contribution < -0.4 is 25.4 Å². The Morgan fingerprint density at radius 3 is 2.65 bits per heavy atom. The van der Waals surface area contributed by atoms with Gasteiger partial charge in [-0.15, -0.1) is 0 Å². The summed E-state index contributed by atoms with van der Waals surface area (Å²) in [6.07, 6.45) is 4.23. The molecular weight excluding hydrogens is 568 g/mol. The highest BCUT2D eigenvalue weighted by atomic mass is 35.5. The smallest absolute Gasteiger partial charge is 0.253 e. The lowest BCUT2D eigenvalue weighted by molar-refractivity contribution is -0.121.